The quantitative estimate of drug-likeness (QED) is 0.251. The second-order valence-electron chi connectivity index (χ2n) is 9.13. The third kappa shape index (κ3) is 5.22. The fraction of sp³-hybridized carbons (Fsp3) is 0.214. The van der Waals surface area contributed by atoms with Crippen LogP contribution in [0.1, 0.15) is 27.3 Å². The topological polar surface area (TPSA) is 123 Å². The smallest absolute Gasteiger partial charge is 0.226 e. The average molecular weight is 529 g/mol. The van der Waals surface area contributed by atoms with E-state index in [1.54, 1.807) is 25.0 Å². The maximum Gasteiger partial charge on any atom is 0.226 e. The highest BCUT2D eigenvalue weighted by Gasteiger charge is 2.36. The van der Waals surface area contributed by atoms with E-state index in [2.05, 4.69) is 32.2 Å². The minimum atomic E-state index is -0.486. The number of pyridine rings is 1. The van der Waals surface area contributed by atoms with E-state index in [4.69, 9.17) is 0 Å². The van der Waals surface area contributed by atoms with Crippen molar-refractivity contribution in [2.24, 2.45) is 5.92 Å². The predicted octanol–water partition coefficient (Wildman–Crippen LogP) is 4.56. The van der Waals surface area contributed by atoms with E-state index in [1.807, 2.05) is 42.5 Å². The van der Waals surface area contributed by atoms with Gasteiger partial charge in [0, 0.05) is 55.8 Å². The molecule has 5 rings (SSSR count). The zero-order chi connectivity index (χ0) is 26.6. The minimum absolute atomic E-state index is 0.103. The zero-order valence-corrected chi connectivity index (χ0v) is 21.7. The number of benzene rings is 1. The van der Waals surface area contributed by atoms with Gasteiger partial charge in [0.05, 0.1) is 45.6 Å². The Morgan fingerprint density at radius 1 is 1.26 bits per heavy atom. The largest absolute Gasteiger partial charge is 0.395 e. The second-order valence-corrected chi connectivity index (χ2v) is 10.0. The van der Waals surface area contributed by atoms with Crippen LogP contribution in [0.3, 0.4) is 0 Å². The Morgan fingerprint density at radius 2 is 2.08 bits per heavy atom. The molecule has 1 unspecified atom stereocenters. The van der Waals surface area contributed by atoms with Gasteiger partial charge in [0.1, 0.15) is 5.82 Å². The van der Waals surface area contributed by atoms with Crippen molar-refractivity contribution >= 4 is 45.9 Å². The number of thiazole rings is 1. The van der Waals surface area contributed by atoms with Gasteiger partial charge in [0.2, 0.25) is 5.91 Å². The molecule has 0 aliphatic heterocycles. The van der Waals surface area contributed by atoms with Crippen LogP contribution in [0.5, 0.6) is 0 Å². The van der Waals surface area contributed by atoms with Gasteiger partial charge < -0.3 is 25.6 Å². The highest BCUT2D eigenvalue weighted by molar-refractivity contribution is 7.10. The lowest BCUT2D eigenvalue weighted by atomic mass is 9.85. The van der Waals surface area contributed by atoms with Crippen molar-refractivity contribution < 1.29 is 14.7 Å². The van der Waals surface area contributed by atoms with Crippen molar-refractivity contribution in [1.82, 2.24) is 19.9 Å². The summed E-state index contributed by atoms with van der Waals surface area (Å²) < 4.78 is 0. The summed E-state index contributed by atoms with van der Waals surface area (Å²) in [6.45, 7) is 4.19. The van der Waals surface area contributed by atoms with Crippen LogP contribution in [-0.2, 0) is 11.2 Å². The molecule has 0 bridgehead atoms. The molecule has 0 fully saturated rings. The number of ketones is 1. The first kappa shape index (κ1) is 25.4. The van der Waals surface area contributed by atoms with Crippen molar-refractivity contribution in [3.8, 4) is 11.3 Å². The van der Waals surface area contributed by atoms with Crippen LogP contribution in [0.15, 0.2) is 66.9 Å². The monoisotopic (exact) mass is 528 g/mol. The van der Waals surface area contributed by atoms with Crippen LogP contribution >= 0.6 is 11.3 Å². The fourth-order valence-corrected chi connectivity index (χ4v) is 5.20. The molecule has 1 aromatic carbocycles. The van der Waals surface area contributed by atoms with E-state index >= 15 is 0 Å². The Hall–Kier alpha value is -4.28. The molecule has 0 radical (unpaired) electrons. The van der Waals surface area contributed by atoms with Crippen molar-refractivity contribution in [3.63, 3.8) is 0 Å². The molecule has 0 saturated carbocycles. The Balaban J connectivity index is 1.52. The molecule has 10 heteroatoms. The highest BCUT2D eigenvalue weighted by atomic mass is 32.1. The molecule has 3 aromatic heterocycles. The van der Waals surface area contributed by atoms with Gasteiger partial charge in [-0.25, -0.2) is 4.98 Å². The summed E-state index contributed by atoms with van der Waals surface area (Å²) in [5.41, 5.74) is 6.78. The summed E-state index contributed by atoms with van der Waals surface area (Å²) in [5.74, 6) is -0.137. The van der Waals surface area contributed by atoms with Crippen LogP contribution in [0.2, 0.25) is 0 Å². The molecule has 1 amide bonds. The first-order valence-corrected chi connectivity index (χ1v) is 13.1. The number of carbonyl (C=O) groups excluding carboxylic acids is 2. The van der Waals surface area contributed by atoms with Gasteiger partial charge >= 0.3 is 0 Å². The van der Waals surface area contributed by atoms with Gasteiger partial charge in [0.25, 0.3) is 0 Å². The number of aliphatic hydroxyl groups is 1. The molecular formula is C28H28N6O3S. The number of nitrogens with one attached hydrogen (secondary N) is 3. The molecule has 0 spiro atoms. The third-order valence-electron chi connectivity index (χ3n) is 6.50. The third-order valence-corrected chi connectivity index (χ3v) is 7.33. The van der Waals surface area contributed by atoms with E-state index in [0.29, 0.717) is 34.9 Å². The Bertz CT molecular complexity index is 1470. The minimum Gasteiger partial charge on any atom is -0.395 e. The van der Waals surface area contributed by atoms with Gasteiger partial charge in [-0.15, -0.1) is 11.3 Å². The molecule has 3 heterocycles. The molecule has 1 aliphatic carbocycles. The highest BCUT2D eigenvalue weighted by Crippen LogP contribution is 2.40. The first-order chi connectivity index (χ1) is 18.4. The number of aromatic amines is 1. The maximum atomic E-state index is 13.5. The predicted molar refractivity (Wildman–Crippen MR) is 149 cm³/mol. The van der Waals surface area contributed by atoms with Crippen LogP contribution in [0.4, 0.5) is 17.2 Å². The lowest BCUT2D eigenvalue weighted by molar-refractivity contribution is -0.134. The number of nitrogens with zero attached hydrogens (tertiary/aromatic N) is 3. The summed E-state index contributed by atoms with van der Waals surface area (Å²) >= 11 is 1.48. The van der Waals surface area contributed by atoms with Crippen molar-refractivity contribution in [2.45, 2.75) is 12.8 Å². The SMILES string of the molecule is C=C(Nc1cc(-c2[nH]c3c(c2Nc2ccccc2)C(=O)CC(C(=O)N(C)CCO)C3)ccn1)c1cncs1. The van der Waals surface area contributed by atoms with E-state index in [9.17, 15) is 14.7 Å². The van der Waals surface area contributed by atoms with Gasteiger partial charge in [-0.2, -0.15) is 0 Å². The number of amides is 1. The first-order valence-electron chi connectivity index (χ1n) is 12.2. The number of aromatic nitrogens is 3. The number of rotatable bonds is 9. The van der Waals surface area contributed by atoms with Crippen molar-refractivity contribution in [1.29, 1.82) is 0 Å². The summed E-state index contributed by atoms with van der Waals surface area (Å²) in [4.78, 5) is 40.8. The fourth-order valence-electron chi connectivity index (χ4n) is 4.65. The maximum absolute atomic E-state index is 13.5. The van der Waals surface area contributed by atoms with Gasteiger partial charge in [-0.3, -0.25) is 14.6 Å². The second kappa shape index (κ2) is 11.0. The van der Waals surface area contributed by atoms with Crippen LogP contribution in [0.25, 0.3) is 17.0 Å². The molecule has 1 atom stereocenters. The van der Waals surface area contributed by atoms with E-state index in [0.717, 1.165) is 21.8 Å². The molecule has 9 nitrogen and oxygen atoms in total. The van der Waals surface area contributed by atoms with Gasteiger partial charge in [-0.1, -0.05) is 24.8 Å². The summed E-state index contributed by atoms with van der Waals surface area (Å²) in [6.07, 6.45) is 3.95. The van der Waals surface area contributed by atoms with Crippen LogP contribution in [-0.4, -0.2) is 56.8 Å². The lowest BCUT2D eigenvalue weighted by Gasteiger charge is -2.26. The molecule has 38 heavy (non-hydrogen) atoms. The standard InChI is InChI=1S/C28H28N6O3S/c1-17(23-15-29-16-38-23)31-24-14-18(8-9-30-24)26-27(32-20-6-4-3-5-7-20)25-21(33-26)12-19(13-22(25)36)28(37)34(2)10-11-35/h3-9,14-16,19,32-33,35H,1,10-13H2,2H3,(H,30,31). The zero-order valence-electron chi connectivity index (χ0n) is 20.9. The molecular weight excluding hydrogens is 500 g/mol. The number of fused-ring (bicyclic) bond motifs is 1. The Labute approximate surface area is 224 Å². The van der Waals surface area contributed by atoms with Crippen molar-refractivity contribution in [2.75, 3.05) is 30.8 Å². The summed E-state index contributed by atoms with van der Waals surface area (Å²) in [7, 11) is 1.65. The molecule has 1 aliphatic rings. The molecule has 4 N–H and O–H groups in total. The lowest BCUT2D eigenvalue weighted by Crippen LogP contribution is -2.38. The number of anilines is 3. The van der Waals surface area contributed by atoms with Crippen LogP contribution in [0, 0.1) is 5.92 Å². The van der Waals surface area contributed by atoms with Gasteiger partial charge in [0.15, 0.2) is 5.78 Å². The average Bonchev–Trinajstić information content (AvgIpc) is 3.58. The number of hydrogen-bond acceptors (Lipinski definition) is 8. The number of hydrogen-bond donors (Lipinski definition) is 4. The normalized spacial score (nSPS) is 14.6. The number of aliphatic hydroxyl groups excluding tert-OH is 1. The number of carbonyl (C=O) groups is 2. The van der Waals surface area contributed by atoms with E-state index in [1.165, 1.54) is 16.2 Å². The number of H-pyrrole nitrogens is 1. The number of para-hydroxylation sites is 1. The number of Topliss-reactive ketones (excluding diaryl/α,β-unsaturated/α-hetero) is 1. The Morgan fingerprint density at radius 3 is 2.82 bits per heavy atom. The summed E-state index contributed by atoms with van der Waals surface area (Å²) in [6, 6.07) is 13.4. The molecule has 194 valence electrons. The number of likely N-dealkylation sites (N-methyl/N-ethyl adjacent to an activating group) is 1. The van der Waals surface area contributed by atoms with E-state index < -0.39 is 5.92 Å². The van der Waals surface area contributed by atoms with Crippen molar-refractivity contribution in [3.05, 3.63) is 83.1 Å². The molecule has 0 saturated heterocycles. The van der Waals surface area contributed by atoms with Crippen LogP contribution < -0.4 is 10.6 Å². The Kier molecular flexibility index (Phi) is 7.34. The summed E-state index contributed by atoms with van der Waals surface area (Å²) in [5, 5.41) is 15.9. The van der Waals surface area contributed by atoms with Gasteiger partial charge in [-0.05, 0) is 24.3 Å². The molecule has 4 aromatic rings. The van der Waals surface area contributed by atoms with E-state index in [-0.39, 0.29) is 31.3 Å².